The second kappa shape index (κ2) is 5.61. The van der Waals surface area contributed by atoms with E-state index in [4.69, 9.17) is 21.1 Å². The molecule has 1 aromatic rings. The average molecular weight is 256 g/mol. The molecule has 1 N–H and O–H groups in total. The Hall–Kier alpha value is -0.930. The third-order valence-electron chi connectivity index (χ3n) is 3.28. The SMILES string of the molecule is COc1c(Cl)ccc(C2CCNCC2)c1OC. The molecular formula is C13H18ClNO2. The van der Waals surface area contributed by atoms with Crippen LogP contribution in [0.2, 0.25) is 5.02 Å². The molecule has 3 nitrogen and oxygen atoms in total. The fraction of sp³-hybridized carbons (Fsp3) is 0.538. The molecule has 1 aliphatic rings. The van der Waals surface area contributed by atoms with Gasteiger partial charge < -0.3 is 14.8 Å². The van der Waals surface area contributed by atoms with Crippen LogP contribution < -0.4 is 14.8 Å². The Morgan fingerprint density at radius 1 is 1.12 bits per heavy atom. The summed E-state index contributed by atoms with van der Waals surface area (Å²) in [5.41, 5.74) is 1.20. The number of nitrogens with one attached hydrogen (secondary N) is 1. The van der Waals surface area contributed by atoms with Gasteiger partial charge in [0.1, 0.15) is 0 Å². The van der Waals surface area contributed by atoms with Gasteiger partial charge in [-0.1, -0.05) is 17.7 Å². The Morgan fingerprint density at radius 3 is 2.35 bits per heavy atom. The molecule has 1 aromatic carbocycles. The van der Waals surface area contributed by atoms with Gasteiger partial charge >= 0.3 is 0 Å². The molecule has 1 heterocycles. The minimum absolute atomic E-state index is 0.525. The van der Waals surface area contributed by atoms with Crippen LogP contribution in [0.1, 0.15) is 24.3 Å². The number of benzene rings is 1. The molecule has 1 aliphatic heterocycles. The van der Waals surface area contributed by atoms with Crippen LogP contribution in [-0.2, 0) is 0 Å². The highest BCUT2D eigenvalue weighted by Gasteiger charge is 2.22. The maximum absolute atomic E-state index is 6.10. The van der Waals surface area contributed by atoms with Gasteiger partial charge in [-0.15, -0.1) is 0 Å². The van der Waals surface area contributed by atoms with Crippen molar-refractivity contribution in [2.24, 2.45) is 0 Å². The Labute approximate surface area is 107 Å². The molecule has 0 bridgehead atoms. The summed E-state index contributed by atoms with van der Waals surface area (Å²) in [6, 6.07) is 3.94. The minimum atomic E-state index is 0.525. The first-order chi connectivity index (χ1) is 8.27. The summed E-state index contributed by atoms with van der Waals surface area (Å²) in [7, 11) is 3.29. The highest BCUT2D eigenvalue weighted by atomic mass is 35.5. The summed E-state index contributed by atoms with van der Waals surface area (Å²) < 4.78 is 10.8. The third kappa shape index (κ3) is 2.50. The Morgan fingerprint density at radius 2 is 1.76 bits per heavy atom. The molecule has 0 atom stereocenters. The lowest BCUT2D eigenvalue weighted by molar-refractivity contribution is 0.344. The lowest BCUT2D eigenvalue weighted by Crippen LogP contribution is -2.26. The summed E-state index contributed by atoms with van der Waals surface area (Å²) >= 11 is 6.10. The largest absolute Gasteiger partial charge is 0.493 e. The number of piperidine rings is 1. The first-order valence-electron chi connectivity index (χ1n) is 5.89. The van der Waals surface area contributed by atoms with Crippen molar-refractivity contribution in [3.05, 3.63) is 22.7 Å². The van der Waals surface area contributed by atoms with Crippen molar-refractivity contribution in [1.82, 2.24) is 5.32 Å². The minimum Gasteiger partial charge on any atom is -0.493 e. The van der Waals surface area contributed by atoms with Crippen LogP contribution in [0.4, 0.5) is 0 Å². The zero-order chi connectivity index (χ0) is 12.3. The maximum Gasteiger partial charge on any atom is 0.179 e. The quantitative estimate of drug-likeness (QED) is 0.901. The lowest BCUT2D eigenvalue weighted by Gasteiger charge is -2.25. The van der Waals surface area contributed by atoms with Crippen molar-refractivity contribution in [1.29, 1.82) is 0 Å². The molecule has 0 amide bonds. The van der Waals surface area contributed by atoms with E-state index in [0.717, 1.165) is 31.7 Å². The molecular weight excluding hydrogens is 238 g/mol. The maximum atomic E-state index is 6.10. The summed E-state index contributed by atoms with van der Waals surface area (Å²) in [6.45, 7) is 2.11. The highest BCUT2D eigenvalue weighted by molar-refractivity contribution is 6.32. The van der Waals surface area contributed by atoms with Gasteiger partial charge in [0, 0.05) is 5.56 Å². The average Bonchev–Trinajstić information content (AvgIpc) is 2.39. The van der Waals surface area contributed by atoms with Crippen molar-refractivity contribution >= 4 is 11.6 Å². The smallest absolute Gasteiger partial charge is 0.179 e. The van der Waals surface area contributed by atoms with Crippen LogP contribution in [0.5, 0.6) is 11.5 Å². The fourth-order valence-corrected chi connectivity index (χ4v) is 2.63. The van der Waals surface area contributed by atoms with Crippen LogP contribution in [0.15, 0.2) is 12.1 Å². The molecule has 0 radical (unpaired) electrons. The Bertz CT molecular complexity index is 389. The molecule has 0 spiro atoms. The van der Waals surface area contributed by atoms with Crippen molar-refractivity contribution in [3.63, 3.8) is 0 Å². The van der Waals surface area contributed by atoms with Gasteiger partial charge in [-0.05, 0) is 37.9 Å². The van der Waals surface area contributed by atoms with Gasteiger partial charge in [0.15, 0.2) is 11.5 Å². The van der Waals surface area contributed by atoms with Crippen molar-refractivity contribution in [2.45, 2.75) is 18.8 Å². The van der Waals surface area contributed by atoms with Gasteiger partial charge in [0.05, 0.1) is 19.2 Å². The van der Waals surface area contributed by atoms with E-state index in [9.17, 15) is 0 Å². The molecule has 0 saturated carbocycles. The topological polar surface area (TPSA) is 30.5 Å². The monoisotopic (exact) mass is 255 g/mol. The number of rotatable bonds is 3. The molecule has 2 rings (SSSR count). The molecule has 0 aliphatic carbocycles. The molecule has 94 valence electrons. The van der Waals surface area contributed by atoms with Crippen LogP contribution >= 0.6 is 11.6 Å². The zero-order valence-electron chi connectivity index (χ0n) is 10.3. The standard InChI is InChI=1S/C13H18ClNO2/c1-16-12-10(9-5-7-15-8-6-9)3-4-11(14)13(12)17-2/h3-4,9,15H,5-8H2,1-2H3. The van der Waals surface area contributed by atoms with Gasteiger partial charge in [-0.2, -0.15) is 0 Å². The zero-order valence-corrected chi connectivity index (χ0v) is 11.0. The molecule has 4 heteroatoms. The first kappa shape index (κ1) is 12.5. The van der Waals surface area contributed by atoms with Gasteiger partial charge in [0.25, 0.3) is 0 Å². The second-order valence-electron chi connectivity index (χ2n) is 4.23. The predicted octanol–water partition coefficient (Wildman–Crippen LogP) is 2.82. The van der Waals surface area contributed by atoms with Crippen molar-refractivity contribution in [3.8, 4) is 11.5 Å². The number of halogens is 1. The normalized spacial score (nSPS) is 16.9. The van der Waals surface area contributed by atoms with Crippen LogP contribution in [0.3, 0.4) is 0 Å². The first-order valence-corrected chi connectivity index (χ1v) is 6.26. The van der Waals surface area contributed by atoms with Gasteiger partial charge in [0.2, 0.25) is 0 Å². The van der Waals surface area contributed by atoms with E-state index in [1.807, 2.05) is 6.07 Å². The second-order valence-corrected chi connectivity index (χ2v) is 4.63. The van der Waals surface area contributed by atoms with E-state index in [1.54, 1.807) is 14.2 Å². The molecule has 1 saturated heterocycles. The molecule has 17 heavy (non-hydrogen) atoms. The molecule has 0 unspecified atom stereocenters. The van der Waals surface area contributed by atoms with Crippen molar-refractivity contribution < 1.29 is 9.47 Å². The third-order valence-corrected chi connectivity index (χ3v) is 3.58. The summed E-state index contributed by atoms with van der Waals surface area (Å²) in [4.78, 5) is 0. The van der Waals surface area contributed by atoms with Crippen LogP contribution in [0, 0.1) is 0 Å². The fourth-order valence-electron chi connectivity index (χ4n) is 2.41. The van der Waals surface area contributed by atoms with E-state index in [0.29, 0.717) is 16.7 Å². The Balaban J connectivity index is 2.38. The van der Waals surface area contributed by atoms with E-state index in [-0.39, 0.29) is 0 Å². The summed E-state index contributed by atoms with van der Waals surface area (Å²) in [5, 5.41) is 3.96. The van der Waals surface area contributed by atoms with E-state index in [1.165, 1.54) is 5.56 Å². The Kier molecular flexibility index (Phi) is 4.13. The lowest BCUT2D eigenvalue weighted by atomic mass is 9.89. The molecule has 0 aromatic heterocycles. The summed E-state index contributed by atoms with van der Waals surface area (Å²) in [5.74, 6) is 1.95. The predicted molar refractivity (Wildman–Crippen MR) is 69.4 cm³/mol. The van der Waals surface area contributed by atoms with E-state index in [2.05, 4.69) is 11.4 Å². The highest BCUT2D eigenvalue weighted by Crippen LogP contribution is 2.42. The number of hydrogen-bond acceptors (Lipinski definition) is 3. The van der Waals surface area contributed by atoms with Crippen LogP contribution in [0.25, 0.3) is 0 Å². The van der Waals surface area contributed by atoms with Gasteiger partial charge in [-0.25, -0.2) is 0 Å². The number of methoxy groups -OCH3 is 2. The van der Waals surface area contributed by atoms with Crippen LogP contribution in [-0.4, -0.2) is 27.3 Å². The van der Waals surface area contributed by atoms with E-state index < -0.39 is 0 Å². The summed E-state index contributed by atoms with van der Waals surface area (Å²) in [6.07, 6.45) is 2.25. The van der Waals surface area contributed by atoms with E-state index >= 15 is 0 Å². The van der Waals surface area contributed by atoms with Crippen molar-refractivity contribution in [2.75, 3.05) is 27.3 Å². The number of ether oxygens (including phenoxy) is 2. The number of hydrogen-bond donors (Lipinski definition) is 1. The molecule has 1 fully saturated rings. The van der Waals surface area contributed by atoms with Gasteiger partial charge in [-0.3, -0.25) is 0 Å².